The Balaban J connectivity index is 2.23. The normalized spacial score (nSPS) is 32.6. The molecule has 4 nitrogen and oxygen atoms in total. The monoisotopic (exact) mass is 268 g/mol. The summed E-state index contributed by atoms with van der Waals surface area (Å²) in [5.41, 5.74) is 0.232. The fourth-order valence-electron chi connectivity index (χ4n) is 3.80. The Hall–Kier alpha value is -0.610. The molecule has 0 bridgehead atoms. The van der Waals surface area contributed by atoms with Gasteiger partial charge in [0.2, 0.25) is 5.91 Å². The maximum Gasteiger partial charge on any atom is 0.249 e. The summed E-state index contributed by atoms with van der Waals surface area (Å²) < 4.78 is 5.34. The second kappa shape index (κ2) is 4.74. The van der Waals surface area contributed by atoms with Crippen molar-refractivity contribution >= 4 is 5.91 Å². The lowest BCUT2D eigenvalue weighted by Crippen LogP contribution is -2.65. The van der Waals surface area contributed by atoms with Crippen LogP contribution in [0.25, 0.3) is 0 Å². The van der Waals surface area contributed by atoms with Crippen molar-refractivity contribution in [2.24, 2.45) is 0 Å². The molecule has 4 heteroatoms. The fraction of sp³-hybridized carbons (Fsp3) is 0.933. The second-order valence-electron chi connectivity index (χ2n) is 7.41. The van der Waals surface area contributed by atoms with Crippen LogP contribution < -0.4 is 0 Å². The van der Waals surface area contributed by atoms with Crippen LogP contribution >= 0.6 is 0 Å². The van der Waals surface area contributed by atoms with Crippen molar-refractivity contribution < 1.29 is 9.53 Å². The number of amides is 1. The van der Waals surface area contributed by atoms with Crippen LogP contribution in [0.2, 0.25) is 0 Å². The maximum atomic E-state index is 12.2. The van der Waals surface area contributed by atoms with Crippen molar-refractivity contribution in [2.45, 2.75) is 70.6 Å². The predicted molar refractivity (Wildman–Crippen MR) is 76.1 cm³/mol. The van der Waals surface area contributed by atoms with Crippen LogP contribution in [0, 0.1) is 0 Å². The summed E-state index contributed by atoms with van der Waals surface area (Å²) in [4.78, 5) is 16.7. The molecule has 0 saturated carbocycles. The van der Waals surface area contributed by atoms with Gasteiger partial charge in [-0.3, -0.25) is 9.69 Å². The Morgan fingerprint density at radius 1 is 1.16 bits per heavy atom. The van der Waals surface area contributed by atoms with Crippen LogP contribution in [-0.2, 0) is 9.53 Å². The highest BCUT2D eigenvalue weighted by atomic mass is 16.5. The fourth-order valence-corrected chi connectivity index (χ4v) is 3.80. The molecule has 2 aliphatic heterocycles. The first-order valence-corrected chi connectivity index (χ1v) is 7.28. The number of nitrogens with zero attached hydrogens (tertiary/aromatic N) is 2. The van der Waals surface area contributed by atoms with Gasteiger partial charge in [-0.15, -0.1) is 0 Å². The zero-order valence-electron chi connectivity index (χ0n) is 13.2. The zero-order chi connectivity index (χ0) is 14.4. The number of hydrogen-bond donors (Lipinski definition) is 0. The summed E-state index contributed by atoms with van der Waals surface area (Å²) in [6.07, 6.45) is 2.06. The van der Waals surface area contributed by atoms with Crippen molar-refractivity contribution in [3.8, 4) is 0 Å². The third kappa shape index (κ3) is 2.65. The molecule has 2 rings (SSSR count). The standard InChI is InChI=1S/C15H28N2O2/c1-11-9-19-10-13(18)17(11)12-7-14(2,3)16(6)15(4,5)8-12/h11-12H,7-10H2,1-6H3. The molecule has 0 aliphatic carbocycles. The van der Waals surface area contributed by atoms with E-state index < -0.39 is 0 Å². The number of ether oxygens (including phenoxy) is 1. The van der Waals surface area contributed by atoms with E-state index in [-0.39, 0.29) is 29.6 Å². The van der Waals surface area contributed by atoms with Gasteiger partial charge < -0.3 is 9.64 Å². The summed E-state index contributed by atoms with van der Waals surface area (Å²) in [6, 6.07) is 0.522. The molecule has 110 valence electrons. The largest absolute Gasteiger partial charge is 0.370 e. The van der Waals surface area contributed by atoms with E-state index in [4.69, 9.17) is 4.74 Å². The van der Waals surface area contributed by atoms with Gasteiger partial charge in [-0.05, 0) is 54.5 Å². The van der Waals surface area contributed by atoms with Crippen LogP contribution in [0.1, 0.15) is 47.5 Å². The maximum absolute atomic E-state index is 12.2. The Morgan fingerprint density at radius 2 is 1.68 bits per heavy atom. The molecule has 1 amide bonds. The minimum atomic E-state index is 0.116. The summed E-state index contributed by atoms with van der Waals surface area (Å²) in [5.74, 6) is 0.153. The Bertz CT molecular complexity index is 347. The molecule has 2 fully saturated rings. The third-order valence-electron chi connectivity index (χ3n) is 5.03. The highest BCUT2D eigenvalue weighted by Gasteiger charge is 2.46. The Morgan fingerprint density at radius 3 is 2.16 bits per heavy atom. The van der Waals surface area contributed by atoms with Crippen molar-refractivity contribution in [3.63, 3.8) is 0 Å². The van der Waals surface area contributed by atoms with E-state index in [0.717, 1.165) is 12.8 Å². The molecule has 2 heterocycles. The van der Waals surface area contributed by atoms with Gasteiger partial charge in [0.05, 0.1) is 12.6 Å². The number of piperidine rings is 1. The second-order valence-corrected chi connectivity index (χ2v) is 7.41. The van der Waals surface area contributed by atoms with Crippen LogP contribution in [0.5, 0.6) is 0 Å². The predicted octanol–water partition coefficient (Wildman–Crippen LogP) is 1.89. The quantitative estimate of drug-likeness (QED) is 0.728. The highest BCUT2D eigenvalue weighted by Crippen LogP contribution is 2.39. The van der Waals surface area contributed by atoms with Gasteiger partial charge in [-0.2, -0.15) is 0 Å². The minimum absolute atomic E-state index is 0.116. The van der Waals surface area contributed by atoms with Gasteiger partial charge in [0, 0.05) is 17.1 Å². The van der Waals surface area contributed by atoms with Gasteiger partial charge >= 0.3 is 0 Å². The summed E-state index contributed by atoms with van der Waals surface area (Å²) in [6.45, 7) is 12.1. The topological polar surface area (TPSA) is 32.8 Å². The minimum Gasteiger partial charge on any atom is -0.370 e. The molecule has 1 unspecified atom stereocenters. The third-order valence-corrected chi connectivity index (χ3v) is 5.03. The van der Waals surface area contributed by atoms with E-state index in [2.05, 4.69) is 51.5 Å². The van der Waals surface area contributed by atoms with Crippen molar-refractivity contribution in [1.82, 2.24) is 9.80 Å². The SMILES string of the molecule is CC1COCC(=O)N1C1CC(C)(C)N(C)C(C)(C)C1. The average molecular weight is 268 g/mol. The Labute approximate surface area is 117 Å². The molecule has 0 aromatic carbocycles. The van der Waals surface area contributed by atoms with Crippen LogP contribution in [0.3, 0.4) is 0 Å². The molecule has 0 aromatic rings. The molecule has 0 spiro atoms. The molecule has 2 saturated heterocycles. The molecule has 0 aromatic heterocycles. The first-order valence-electron chi connectivity index (χ1n) is 7.28. The Kier molecular flexibility index (Phi) is 3.69. The van der Waals surface area contributed by atoms with Gasteiger partial charge in [-0.1, -0.05) is 0 Å². The van der Waals surface area contributed by atoms with E-state index in [9.17, 15) is 4.79 Å². The van der Waals surface area contributed by atoms with E-state index in [1.807, 2.05) is 0 Å². The number of carbonyl (C=O) groups is 1. The van der Waals surface area contributed by atoms with E-state index in [1.54, 1.807) is 0 Å². The zero-order valence-corrected chi connectivity index (χ0v) is 13.2. The van der Waals surface area contributed by atoms with E-state index in [1.165, 1.54) is 0 Å². The lowest BCUT2D eigenvalue weighted by molar-refractivity contribution is -0.157. The van der Waals surface area contributed by atoms with Crippen LogP contribution in [0.4, 0.5) is 0 Å². The number of carbonyl (C=O) groups excluding carboxylic acids is 1. The molecule has 0 radical (unpaired) electrons. The molecular weight excluding hydrogens is 240 g/mol. The average Bonchev–Trinajstić information content (AvgIpc) is 2.25. The van der Waals surface area contributed by atoms with Gasteiger partial charge in [0.25, 0.3) is 0 Å². The van der Waals surface area contributed by atoms with E-state index in [0.29, 0.717) is 12.6 Å². The lowest BCUT2D eigenvalue weighted by atomic mass is 9.76. The van der Waals surface area contributed by atoms with Gasteiger partial charge in [-0.25, -0.2) is 0 Å². The van der Waals surface area contributed by atoms with Crippen molar-refractivity contribution in [1.29, 1.82) is 0 Å². The summed E-state index contributed by atoms with van der Waals surface area (Å²) in [5, 5.41) is 0. The lowest BCUT2D eigenvalue weighted by Gasteiger charge is -2.56. The summed E-state index contributed by atoms with van der Waals surface area (Å²) in [7, 11) is 2.20. The molecule has 0 N–H and O–H groups in total. The number of morpholine rings is 1. The number of likely N-dealkylation sites (tertiary alicyclic amines) is 1. The van der Waals surface area contributed by atoms with Crippen molar-refractivity contribution in [3.05, 3.63) is 0 Å². The number of hydrogen-bond acceptors (Lipinski definition) is 3. The van der Waals surface area contributed by atoms with E-state index >= 15 is 0 Å². The smallest absolute Gasteiger partial charge is 0.249 e. The first-order chi connectivity index (χ1) is 8.65. The van der Waals surface area contributed by atoms with Crippen LogP contribution in [0.15, 0.2) is 0 Å². The summed E-state index contributed by atoms with van der Waals surface area (Å²) >= 11 is 0. The highest BCUT2D eigenvalue weighted by molar-refractivity contribution is 5.78. The van der Waals surface area contributed by atoms with Gasteiger partial charge in [0.15, 0.2) is 0 Å². The van der Waals surface area contributed by atoms with Crippen LogP contribution in [-0.4, -0.2) is 59.1 Å². The van der Waals surface area contributed by atoms with Gasteiger partial charge in [0.1, 0.15) is 6.61 Å². The van der Waals surface area contributed by atoms with Crippen molar-refractivity contribution in [2.75, 3.05) is 20.3 Å². The first kappa shape index (κ1) is 14.8. The number of rotatable bonds is 1. The molecule has 1 atom stereocenters. The molecule has 19 heavy (non-hydrogen) atoms. The molecular formula is C15H28N2O2. The molecule has 2 aliphatic rings.